The van der Waals surface area contributed by atoms with E-state index >= 15 is 0 Å². The Labute approximate surface area is 166 Å². The molecule has 0 fully saturated rings. The van der Waals surface area contributed by atoms with Crippen LogP contribution in [0.1, 0.15) is 42.5 Å². The number of nitrogens with two attached hydrogens (primary N) is 1. The Morgan fingerprint density at radius 2 is 1.86 bits per heavy atom. The Hall–Kier alpha value is -3.27. The lowest BCUT2D eigenvalue weighted by atomic mass is 9.91. The highest BCUT2D eigenvalue weighted by Crippen LogP contribution is 2.28. The van der Waals surface area contributed by atoms with Gasteiger partial charge in [-0.2, -0.15) is 0 Å². The van der Waals surface area contributed by atoms with Gasteiger partial charge in [0.25, 0.3) is 0 Å². The molecule has 142 valence electrons. The summed E-state index contributed by atoms with van der Waals surface area (Å²) in [6.45, 7) is 2.80. The highest BCUT2D eigenvalue weighted by Gasteiger charge is 2.19. The summed E-state index contributed by atoms with van der Waals surface area (Å²) in [6.07, 6.45) is 4.20. The first-order chi connectivity index (χ1) is 13.1. The number of hydrogen-bond donors (Lipinski definition) is 1. The number of aromatic nitrogens is 1. The lowest BCUT2D eigenvalue weighted by molar-refractivity contribution is -0.119. The molecule has 4 heteroatoms. The molecule has 0 bridgehead atoms. The zero-order valence-electron chi connectivity index (χ0n) is 15.2. The summed E-state index contributed by atoms with van der Waals surface area (Å²) in [4.78, 5) is 20.9. The minimum atomic E-state index is -0.363. The van der Waals surface area contributed by atoms with Crippen molar-refractivity contribution < 1.29 is 4.79 Å². The van der Waals surface area contributed by atoms with Crippen molar-refractivity contribution in [3.8, 4) is 11.1 Å². The smallest absolute Gasteiger partial charge is 0.225 e. The number of amides is 1. The van der Waals surface area contributed by atoms with E-state index in [2.05, 4.69) is 34.2 Å². The standard InChI is InChI=1S/C23H21N3O.CH4/c1-15-21-11-18(7-8-19(21)14-26-15)20-9-16(12-25-13-20)10-22(23(24)27)17-5-3-2-4-6-17;/h2-9,11-13,22H,10,14H2,1H3,(H2,24,27);1H4/t22-;/m1./s1. The van der Waals surface area contributed by atoms with Gasteiger partial charge in [-0.3, -0.25) is 14.8 Å². The van der Waals surface area contributed by atoms with Crippen molar-refractivity contribution in [3.63, 3.8) is 0 Å². The van der Waals surface area contributed by atoms with Gasteiger partial charge in [-0.15, -0.1) is 0 Å². The number of hydrogen-bond acceptors (Lipinski definition) is 3. The highest BCUT2D eigenvalue weighted by molar-refractivity contribution is 6.02. The molecule has 0 unspecified atom stereocenters. The Morgan fingerprint density at radius 3 is 2.61 bits per heavy atom. The zero-order chi connectivity index (χ0) is 18.8. The minimum absolute atomic E-state index is 0. The summed E-state index contributed by atoms with van der Waals surface area (Å²) in [7, 11) is 0. The van der Waals surface area contributed by atoms with E-state index in [-0.39, 0.29) is 19.3 Å². The number of rotatable bonds is 5. The van der Waals surface area contributed by atoms with E-state index in [1.165, 1.54) is 11.1 Å². The van der Waals surface area contributed by atoms with Crippen LogP contribution in [0, 0.1) is 0 Å². The van der Waals surface area contributed by atoms with Crippen molar-refractivity contribution in [1.82, 2.24) is 4.98 Å². The predicted octanol–water partition coefficient (Wildman–Crippen LogP) is 4.52. The molecule has 1 atom stereocenters. The third-order valence-corrected chi connectivity index (χ3v) is 5.10. The van der Waals surface area contributed by atoms with Crippen molar-refractivity contribution in [2.45, 2.75) is 33.2 Å². The number of aliphatic imine (C=N–C) groups is 1. The largest absolute Gasteiger partial charge is 0.369 e. The van der Waals surface area contributed by atoms with Crippen LogP contribution >= 0.6 is 0 Å². The predicted molar refractivity (Wildman–Crippen MR) is 114 cm³/mol. The Morgan fingerprint density at radius 1 is 1.07 bits per heavy atom. The molecule has 0 aliphatic carbocycles. The first kappa shape index (κ1) is 19.5. The fourth-order valence-electron chi connectivity index (χ4n) is 3.58. The quantitative estimate of drug-likeness (QED) is 0.716. The molecule has 28 heavy (non-hydrogen) atoms. The Bertz CT molecular complexity index is 1030. The summed E-state index contributed by atoms with van der Waals surface area (Å²) >= 11 is 0. The van der Waals surface area contributed by atoms with Gasteiger partial charge < -0.3 is 5.73 Å². The number of carbonyl (C=O) groups excluding carboxylic acids is 1. The van der Waals surface area contributed by atoms with Crippen LogP contribution in [0.25, 0.3) is 11.1 Å². The maximum Gasteiger partial charge on any atom is 0.225 e. The molecule has 3 aromatic rings. The van der Waals surface area contributed by atoms with E-state index in [1.807, 2.05) is 49.6 Å². The van der Waals surface area contributed by atoms with Crippen molar-refractivity contribution in [2.24, 2.45) is 10.7 Å². The molecule has 4 rings (SSSR count). The van der Waals surface area contributed by atoms with Crippen LogP contribution < -0.4 is 5.73 Å². The number of benzene rings is 2. The molecule has 2 N–H and O–H groups in total. The lowest BCUT2D eigenvalue weighted by Crippen LogP contribution is -2.23. The molecular formula is C24H25N3O. The lowest BCUT2D eigenvalue weighted by Gasteiger charge is -2.14. The van der Waals surface area contributed by atoms with Gasteiger partial charge in [-0.1, -0.05) is 49.9 Å². The van der Waals surface area contributed by atoms with Crippen LogP contribution in [-0.2, 0) is 17.8 Å². The van der Waals surface area contributed by atoms with Crippen LogP contribution in [0.5, 0.6) is 0 Å². The molecule has 0 saturated heterocycles. The van der Waals surface area contributed by atoms with Crippen LogP contribution in [0.3, 0.4) is 0 Å². The Kier molecular flexibility index (Phi) is 5.69. The molecule has 1 amide bonds. The minimum Gasteiger partial charge on any atom is -0.369 e. The van der Waals surface area contributed by atoms with Gasteiger partial charge in [-0.25, -0.2) is 0 Å². The second-order valence-electron chi connectivity index (χ2n) is 6.93. The van der Waals surface area contributed by atoms with Gasteiger partial charge in [-0.05, 0) is 47.7 Å². The first-order valence-corrected chi connectivity index (χ1v) is 9.05. The first-order valence-electron chi connectivity index (χ1n) is 9.05. The molecule has 1 aromatic heterocycles. The maximum atomic E-state index is 12.0. The average Bonchev–Trinajstić information content (AvgIpc) is 3.07. The molecular weight excluding hydrogens is 346 g/mol. The molecule has 2 aromatic carbocycles. The summed E-state index contributed by atoms with van der Waals surface area (Å²) in [5.41, 5.74) is 13.3. The topological polar surface area (TPSA) is 68.3 Å². The van der Waals surface area contributed by atoms with Crippen LogP contribution in [0.2, 0.25) is 0 Å². The fourth-order valence-corrected chi connectivity index (χ4v) is 3.58. The second kappa shape index (κ2) is 8.17. The monoisotopic (exact) mass is 371 g/mol. The summed E-state index contributed by atoms with van der Waals surface area (Å²) in [6, 6.07) is 18.2. The van der Waals surface area contributed by atoms with Crippen molar-refractivity contribution >= 4 is 11.6 Å². The SMILES string of the molecule is C.CC1=NCc2ccc(-c3cncc(C[C@@H](C(N)=O)c4ccccc4)c3)cc21. The summed E-state index contributed by atoms with van der Waals surface area (Å²) in [5, 5.41) is 0. The molecule has 1 aliphatic heterocycles. The van der Waals surface area contributed by atoms with Crippen LogP contribution in [0.4, 0.5) is 0 Å². The third kappa shape index (κ3) is 3.86. The maximum absolute atomic E-state index is 12.0. The second-order valence-corrected chi connectivity index (χ2v) is 6.93. The molecule has 1 aliphatic rings. The van der Waals surface area contributed by atoms with E-state index in [1.54, 1.807) is 0 Å². The number of primary amides is 1. The van der Waals surface area contributed by atoms with Gasteiger partial charge in [0.1, 0.15) is 0 Å². The molecule has 0 radical (unpaired) electrons. The number of nitrogens with zero attached hydrogens (tertiary/aromatic N) is 2. The van der Waals surface area contributed by atoms with Crippen LogP contribution in [0.15, 0.2) is 72.0 Å². The molecule has 0 saturated carbocycles. The molecule has 4 nitrogen and oxygen atoms in total. The fraction of sp³-hybridized carbons (Fsp3) is 0.208. The van der Waals surface area contributed by atoms with Gasteiger partial charge in [0.15, 0.2) is 0 Å². The van der Waals surface area contributed by atoms with E-state index in [0.29, 0.717) is 6.42 Å². The summed E-state index contributed by atoms with van der Waals surface area (Å²) in [5.74, 6) is -0.686. The molecule has 2 heterocycles. The summed E-state index contributed by atoms with van der Waals surface area (Å²) < 4.78 is 0. The normalized spacial score (nSPS) is 13.2. The molecule has 0 spiro atoms. The van der Waals surface area contributed by atoms with Crippen molar-refractivity contribution in [2.75, 3.05) is 0 Å². The van der Waals surface area contributed by atoms with E-state index < -0.39 is 0 Å². The number of pyridine rings is 1. The number of carbonyl (C=O) groups is 1. The van der Waals surface area contributed by atoms with E-state index in [4.69, 9.17) is 5.73 Å². The zero-order valence-corrected chi connectivity index (χ0v) is 15.2. The Balaban J connectivity index is 0.00000225. The van der Waals surface area contributed by atoms with Crippen LogP contribution in [-0.4, -0.2) is 16.6 Å². The average molecular weight is 371 g/mol. The van der Waals surface area contributed by atoms with Gasteiger partial charge >= 0.3 is 0 Å². The van der Waals surface area contributed by atoms with Crippen molar-refractivity contribution in [1.29, 1.82) is 0 Å². The van der Waals surface area contributed by atoms with E-state index in [0.717, 1.165) is 34.5 Å². The van der Waals surface area contributed by atoms with E-state index in [9.17, 15) is 4.79 Å². The van der Waals surface area contributed by atoms with Crippen molar-refractivity contribution in [3.05, 3.63) is 89.2 Å². The third-order valence-electron chi connectivity index (χ3n) is 5.10. The van der Waals surface area contributed by atoms with Gasteiger partial charge in [0.2, 0.25) is 5.91 Å². The number of fused-ring (bicyclic) bond motifs is 1. The van der Waals surface area contributed by atoms with Gasteiger partial charge in [0, 0.05) is 29.2 Å². The highest BCUT2D eigenvalue weighted by atomic mass is 16.1. The van der Waals surface area contributed by atoms with Gasteiger partial charge in [0.05, 0.1) is 12.5 Å².